The van der Waals surface area contributed by atoms with E-state index in [4.69, 9.17) is 16.3 Å². The Bertz CT molecular complexity index is 749. The monoisotopic (exact) mass is 360 g/mol. The number of benzene rings is 2. The molecule has 0 heterocycles. The number of nitrogens with zero attached hydrogens (tertiary/aromatic N) is 1. The summed E-state index contributed by atoms with van der Waals surface area (Å²) in [5, 5.41) is 2.93. The molecule has 0 bridgehead atoms. The zero-order valence-electron chi connectivity index (χ0n) is 14.3. The average molecular weight is 361 g/mol. The fraction of sp³-hybridized carbons (Fsp3) is 0.263. The van der Waals surface area contributed by atoms with Gasteiger partial charge in [0.05, 0.1) is 23.7 Å². The number of hydrogen-bond acceptors (Lipinski definition) is 3. The SMILES string of the molecule is Cc1cccc(OCCN(C)C(=O)CNC(=O)c2ccccc2Cl)c1. The van der Waals surface area contributed by atoms with Gasteiger partial charge in [-0.25, -0.2) is 0 Å². The summed E-state index contributed by atoms with van der Waals surface area (Å²) < 4.78 is 5.62. The number of rotatable bonds is 7. The third-order valence-corrected chi connectivity index (χ3v) is 3.96. The minimum Gasteiger partial charge on any atom is -0.492 e. The van der Waals surface area contributed by atoms with E-state index in [2.05, 4.69) is 5.32 Å². The van der Waals surface area contributed by atoms with E-state index in [-0.39, 0.29) is 18.4 Å². The minimum atomic E-state index is -0.372. The first-order chi connectivity index (χ1) is 12.0. The Kier molecular flexibility index (Phi) is 6.83. The quantitative estimate of drug-likeness (QED) is 0.826. The van der Waals surface area contributed by atoms with E-state index >= 15 is 0 Å². The Hall–Kier alpha value is -2.53. The molecule has 0 saturated carbocycles. The zero-order valence-corrected chi connectivity index (χ0v) is 15.0. The van der Waals surface area contributed by atoms with Gasteiger partial charge in [-0.05, 0) is 36.8 Å². The van der Waals surface area contributed by atoms with Gasteiger partial charge >= 0.3 is 0 Å². The third kappa shape index (κ3) is 5.80. The van der Waals surface area contributed by atoms with Gasteiger partial charge in [0.15, 0.2) is 0 Å². The summed E-state index contributed by atoms with van der Waals surface area (Å²) in [6, 6.07) is 14.4. The maximum atomic E-state index is 12.1. The molecular formula is C19H21ClN2O3. The van der Waals surface area contributed by atoms with Crippen LogP contribution in [0.4, 0.5) is 0 Å². The van der Waals surface area contributed by atoms with E-state index in [1.165, 1.54) is 4.90 Å². The number of aryl methyl sites for hydroxylation is 1. The molecule has 2 amide bonds. The topological polar surface area (TPSA) is 58.6 Å². The molecule has 2 aromatic rings. The summed E-state index contributed by atoms with van der Waals surface area (Å²) in [4.78, 5) is 25.6. The van der Waals surface area contributed by atoms with Crippen molar-refractivity contribution in [3.63, 3.8) is 0 Å². The normalized spacial score (nSPS) is 10.2. The van der Waals surface area contributed by atoms with Crippen molar-refractivity contribution in [3.8, 4) is 5.75 Å². The van der Waals surface area contributed by atoms with Gasteiger partial charge in [-0.1, -0.05) is 35.9 Å². The largest absolute Gasteiger partial charge is 0.492 e. The summed E-state index contributed by atoms with van der Waals surface area (Å²) in [7, 11) is 1.67. The van der Waals surface area contributed by atoms with Crippen molar-refractivity contribution >= 4 is 23.4 Å². The molecule has 25 heavy (non-hydrogen) atoms. The van der Waals surface area contributed by atoms with E-state index < -0.39 is 0 Å². The van der Waals surface area contributed by atoms with Crippen LogP contribution in [0.1, 0.15) is 15.9 Å². The summed E-state index contributed by atoms with van der Waals surface area (Å²) >= 11 is 5.96. The van der Waals surface area contributed by atoms with E-state index in [0.29, 0.717) is 23.7 Å². The molecule has 6 heteroatoms. The van der Waals surface area contributed by atoms with E-state index in [1.54, 1.807) is 31.3 Å². The lowest BCUT2D eigenvalue weighted by Gasteiger charge is -2.18. The first-order valence-electron chi connectivity index (χ1n) is 7.93. The van der Waals surface area contributed by atoms with Crippen LogP contribution in [-0.2, 0) is 4.79 Å². The summed E-state index contributed by atoms with van der Waals surface area (Å²) in [6.45, 7) is 2.70. The molecule has 0 aromatic heterocycles. The molecule has 0 unspecified atom stereocenters. The molecule has 0 aliphatic carbocycles. The van der Waals surface area contributed by atoms with Crippen molar-refractivity contribution in [2.45, 2.75) is 6.92 Å². The van der Waals surface area contributed by atoms with Gasteiger partial charge in [-0.15, -0.1) is 0 Å². The fourth-order valence-electron chi connectivity index (χ4n) is 2.16. The molecule has 132 valence electrons. The first kappa shape index (κ1) is 18.8. The molecule has 2 rings (SSSR count). The smallest absolute Gasteiger partial charge is 0.253 e. The summed E-state index contributed by atoms with van der Waals surface area (Å²) in [6.07, 6.45) is 0. The Labute approximate surface area is 152 Å². The number of carbonyl (C=O) groups excluding carboxylic acids is 2. The first-order valence-corrected chi connectivity index (χ1v) is 8.31. The van der Waals surface area contributed by atoms with Crippen LogP contribution in [-0.4, -0.2) is 43.5 Å². The standard InChI is InChI=1S/C19H21ClN2O3/c1-14-6-5-7-15(12-14)25-11-10-22(2)18(23)13-21-19(24)16-8-3-4-9-17(16)20/h3-9,12H,10-11,13H2,1-2H3,(H,21,24). The number of carbonyl (C=O) groups is 2. The molecule has 0 saturated heterocycles. The van der Waals surface area contributed by atoms with Crippen LogP contribution in [0.2, 0.25) is 5.02 Å². The van der Waals surface area contributed by atoms with Crippen molar-refractivity contribution in [1.82, 2.24) is 10.2 Å². The van der Waals surface area contributed by atoms with Crippen molar-refractivity contribution in [2.75, 3.05) is 26.7 Å². The van der Waals surface area contributed by atoms with Gasteiger partial charge in [-0.3, -0.25) is 9.59 Å². The van der Waals surface area contributed by atoms with Crippen molar-refractivity contribution in [3.05, 3.63) is 64.7 Å². The molecule has 1 N–H and O–H groups in total. The number of ether oxygens (including phenoxy) is 1. The molecular weight excluding hydrogens is 340 g/mol. The zero-order chi connectivity index (χ0) is 18.2. The van der Waals surface area contributed by atoms with Crippen LogP contribution in [0.5, 0.6) is 5.75 Å². The van der Waals surface area contributed by atoms with Crippen LogP contribution >= 0.6 is 11.6 Å². The maximum Gasteiger partial charge on any atom is 0.253 e. The molecule has 0 aliphatic heterocycles. The van der Waals surface area contributed by atoms with Crippen LogP contribution < -0.4 is 10.1 Å². The highest BCUT2D eigenvalue weighted by atomic mass is 35.5. The summed E-state index contributed by atoms with van der Waals surface area (Å²) in [5.41, 5.74) is 1.46. The van der Waals surface area contributed by atoms with Gasteiger partial charge in [0.1, 0.15) is 12.4 Å². The number of halogens is 1. The van der Waals surface area contributed by atoms with Crippen molar-refractivity contribution < 1.29 is 14.3 Å². The maximum absolute atomic E-state index is 12.1. The Morgan fingerprint density at radius 3 is 2.64 bits per heavy atom. The lowest BCUT2D eigenvalue weighted by Crippen LogP contribution is -2.39. The summed E-state index contributed by atoms with van der Waals surface area (Å²) in [5.74, 6) is 0.199. The van der Waals surface area contributed by atoms with Crippen LogP contribution in [0.3, 0.4) is 0 Å². The van der Waals surface area contributed by atoms with Crippen LogP contribution in [0, 0.1) is 6.92 Å². The molecule has 2 aromatic carbocycles. The average Bonchev–Trinajstić information content (AvgIpc) is 2.59. The highest BCUT2D eigenvalue weighted by Crippen LogP contribution is 2.14. The fourth-order valence-corrected chi connectivity index (χ4v) is 2.38. The van der Waals surface area contributed by atoms with Crippen molar-refractivity contribution in [1.29, 1.82) is 0 Å². The molecule has 0 radical (unpaired) electrons. The third-order valence-electron chi connectivity index (χ3n) is 3.63. The minimum absolute atomic E-state index is 0.0923. The molecule has 0 aliphatic rings. The van der Waals surface area contributed by atoms with E-state index in [1.807, 2.05) is 31.2 Å². The Morgan fingerprint density at radius 1 is 1.16 bits per heavy atom. The predicted octanol–water partition coefficient (Wildman–Crippen LogP) is 2.92. The lowest BCUT2D eigenvalue weighted by molar-refractivity contribution is -0.129. The van der Waals surface area contributed by atoms with Gasteiger partial charge in [-0.2, -0.15) is 0 Å². The number of hydrogen-bond donors (Lipinski definition) is 1. The van der Waals surface area contributed by atoms with Gasteiger partial charge in [0.2, 0.25) is 5.91 Å². The van der Waals surface area contributed by atoms with Gasteiger partial charge in [0, 0.05) is 7.05 Å². The van der Waals surface area contributed by atoms with Crippen LogP contribution in [0.15, 0.2) is 48.5 Å². The highest BCUT2D eigenvalue weighted by molar-refractivity contribution is 6.33. The predicted molar refractivity (Wildman–Crippen MR) is 98.1 cm³/mol. The Balaban J connectivity index is 1.75. The van der Waals surface area contributed by atoms with Gasteiger partial charge < -0.3 is 15.0 Å². The second-order valence-corrected chi connectivity index (χ2v) is 6.05. The molecule has 0 spiro atoms. The molecule has 0 fully saturated rings. The molecule has 5 nitrogen and oxygen atoms in total. The second-order valence-electron chi connectivity index (χ2n) is 5.64. The van der Waals surface area contributed by atoms with E-state index in [0.717, 1.165) is 11.3 Å². The van der Waals surface area contributed by atoms with Crippen LogP contribution in [0.25, 0.3) is 0 Å². The lowest BCUT2D eigenvalue weighted by atomic mass is 10.2. The van der Waals surface area contributed by atoms with Gasteiger partial charge in [0.25, 0.3) is 5.91 Å². The Morgan fingerprint density at radius 2 is 1.92 bits per heavy atom. The highest BCUT2D eigenvalue weighted by Gasteiger charge is 2.13. The molecule has 0 atom stereocenters. The second kappa shape index (κ2) is 9.08. The van der Waals surface area contributed by atoms with E-state index in [9.17, 15) is 9.59 Å². The number of amides is 2. The number of likely N-dealkylation sites (N-methyl/N-ethyl adjacent to an activating group) is 1. The number of nitrogens with one attached hydrogen (secondary N) is 1. The van der Waals surface area contributed by atoms with Crippen molar-refractivity contribution in [2.24, 2.45) is 0 Å².